The maximum Gasteiger partial charge on any atom is 0.256 e. The molecule has 0 aliphatic rings. The second kappa shape index (κ2) is 5.92. The molecule has 2 aromatic rings. The minimum Gasteiger partial charge on any atom is -0.397 e. The van der Waals surface area contributed by atoms with Gasteiger partial charge >= 0.3 is 0 Å². The molecular formula is C14H15BrN4O. The minimum absolute atomic E-state index is 0.216. The number of aromatic nitrogens is 1. The summed E-state index contributed by atoms with van der Waals surface area (Å²) in [6, 6.07) is 9.05. The summed E-state index contributed by atoms with van der Waals surface area (Å²) in [5.41, 5.74) is 7.67. The fourth-order valence-electron chi connectivity index (χ4n) is 1.65. The molecule has 0 aliphatic heterocycles. The van der Waals surface area contributed by atoms with E-state index in [4.69, 9.17) is 5.73 Å². The van der Waals surface area contributed by atoms with Crippen LogP contribution < -0.4 is 16.0 Å². The van der Waals surface area contributed by atoms with Gasteiger partial charge in [-0.2, -0.15) is 0 Å². The Morgan fingerprint density at radius 2 is 2.10 bits per heavy atom. The van der Waals surface area contributed by atoms with Gasteiger partial charge in [-0.05, 0) is 40.2 Å². The van der Waals surface area contributed by atoms with Gasteiger partial charge in [-0.1, -0.05) is 6.07 Å². The van der Waals surface area contributed by atoms with Crippen molar-refractivity contribution in [3.63, 3.8) is 0 Å². The van der Waals surface area contributed by atoms with Crippen LogP contribution in [0.4, 0.5) is 17.2 Å². The Kier molecular flexibility index (Phi) is 4.24. The summed E-state index contributed by atoms with van der Waals surface area (Å²) < 4.78 is 0.648. The van der Waals surface area contributed by atoms with E-state index in [0.717, 1.165) is 5.69 Å². The monoisotopic (exact) mass is 334 g/mol. The first-order valence-electron chi connectivity index (χ1n) is 5.97. The van der Waals surface area contributed by atoms with E-state index in [0.29, 0.717) is 21.5 Å². The topological polar surface area (TPSA) is 71.2 Å². The maximum absolute atomic E-state index is 12.2. The number of carbonyl (C=O) groups excluding carboxylic acids is 1. The van der Waals surface area contributed by atoms with Gasteiger partial charge in [0, 0.05) is 25.3 Å². The molecule has 20 heavy (non-hydrogen) atoms. The minimum atomic E-state index is -0.216. The van der Waals surface area contributed by atoms with E-state index in [1.54, 1.807) is 12.1 Å². The molecule has 0 saturated heterocycles. The van der Waals surface area contributed by atoms with Crippen LogP contribution >= 0.6 is 15.9 Å². The molecule has 0 radical (unpaired) electrons. The van der Waals surface area contributed by atoms with Crippen LogP contribution in [-0.4, -0.2) is 25.0 Å². The molecule has 0 fully saturated rings. The Morgan fingerprint density at radius 1 is 1.35 bits per heavy atom. The van der Waals surface area contributed by atoms with Crippen LogP contribution in [0.25, 0.3) is 0 Å². The van der Waals surface area contributed by atoms with Gasteiger partial charge in [0.15, 0.2) is 0 Å². The highest BCUT2D eigenvalue weighted by Crippen LogP contribution is 2.22. The average molecular weight is 335 g/mol. The van der Waals surface area contributed by atoms with E-state index >= 15 is 0 Å². The number of pyridine rings is 1. The zero-order valence-corrected chi connectivity index (χ0v) is 12.8. The summed E-state index contributed by atoms with van der Waals surface area (Å²) in [6.45, 7) is 0. The van der Waals surface area contributed by atoms with Crippen molar-refractivity contribution in [3.8, 4) is 0 Å². The van der Waals surface area contributed by atoms with Crippen LogP contribution in [0.3, 0.4) is 0 Å². The van der Waals surface area contributed by atoms with Crippen LogP contribution in [0.15, 0.2) is 41.0 Å². The first-order valence-corrected chi connectivity index (χ1v) is 6.76. The third-order valence-electron chi connectivity index (χ3n) is 2.72. The maximum atomic E-state index is 12.2. The number of nitrogens with two attached hydrogens (primary N) is 1. The molecule has 1 heterocycles. The quantitative estimate of drug-likeness (QED) is 0.905. The first-order chi connectivity index (χ1) is 9.47. The van der Waals surface area contributed by atoms with Crippen molar-refractivity contribution in [1.29, 1.82) is 0 Å². The van der Waals surface area contributed by atoms with Crippen molar-refractivity contribution in [2.24, 2.45) is 0 Å². The van der Waals surface area contributed by atoms with Crippen molar-refractivity contribution in [2.75, 3.05) is 30.0 Å². The molecular weight excluding hydrogens is 320 g/mol. The first kappa shape index (κ1) is 14.3. The van der Waals surface area contributed by atoms with Crippen LogP contribution in [0.1, 0.15) is 10.4 Å². The number of nitrogen functional groups attached to an aromatic ring is 1. The van der Waals surface area contributed by atoms with Crippen molar-refractivity contribution >= 4 is 39.0 Å². The number of nitrogens with zero attached hydrogens (tertiary/aromatic N) is 2. The lowest BCUT2D eigenvalue weighted by Gasteiger charge is -2.13. The van der Waals surface area contributed by atoms with Gasteiger partial charge < -0.3 is 16.0 Å². The molecule has 0 saturated carbocycles. The lowest BCUT2D eigenvalue weighted by Crippen LogP contribution is -2.15. The number of benzene rings is 1. The Labute approximate surface area is 125 Å². The highest BCUT2D eigenvalue weighted by Gasteiger charge is 2.10. The van der Waals surface area contributed by atoms with Gasteiger partial charge in [-0.25, -0.2) is 4.98 Å². The summed E-state index contributed by atoms with van der Waals surface area (Å²) in [6.07, 6.45) is 1.50. The third kappa shape index (κ3) is 3.27. The van der Waals surface area contributed by atoms with Gasteiger partial charge in [0.05, 0.1) is 16.4 Å². The Balaban J connectivity index is 2.21. The SMILES string of the molecule is CN(C)c1cccc(C(=O)Nc2ncc(N)cc2Br)c1. The number of halogens is 1. The van der Waals surface area contributed by atoms with Crippen LogP contribution in [-0.2, 0) is 0 Å². The van der Waals surface area contributed by atoms with E-state index in [-0.39, 0.29) is 5.91 Å². The molecule has 1 aromatic carbocycles. The van der Waals surface area contributed by atoms with Gasteiger partial charge in [-0.15, -0.1) is 0 Å². The molecule has 1 amide bonds. The van der Waals surface area contributed by atoms with Crippen LogP contribution in [0, 0.1) is 0 Å². The summed E-state index contributed by atoms with van der Waals surface area (Å²) in [5.74, 6) is 0.228. The van der Waals surface area contributed by atoms with Crippen molar-refractivity contribution in [3.05, 3.63) is 46.6 Å². The fraction of sp³-hybridized carbons (Fsp3) is 0.143. The number of hydrogen-bond acceptors (Lipinski definition) is 4. The summed E-state index contributed by atoms with van der Waals surface area (Å²) in [5, 5.41) is 2.75. The molecule has 5 nitrogen and oxygen atoms in total. The number of carbonyl (C=O) groups is 1. The van der Waals surface area contributed by atoms with E-state index in [1.165, 1.54) is 6.20 Å². The Bertz CT molecular complexity index is 643. The number of hydrogen-bond donors (Lipinski definition) is 2. The van der Waals surface area contributed by atoms with Gasteiger partial charge in [0.1, 0.15) is 5.82 Å². The summed E-state index contributed by atoms with van der Waals surface area (Å²) >= 11 is 3.32. The molecule has 2 rings (SSSR count). The molecule has 0 unspecified atom stereocenters. The average Bonchev–Trinajstić information content (AvgIpc) is 2.42. The lowest BCUT2D eigenvalue weighted by atomic mass is 10.2. The molecule has 104 valence electrons. The second-order valence-electron chi connectivity index (χ2n) is 4.50. The van der Waals surface area contributed by atoms with E-state index in [2.05, 4.69) is 26.2 Å². The van der Waals surface area contributed by atoms with Gasteiger partial charge in [0.25, 0.3) is 5.91 Å². The molecule has 6 heteroatoms. The van der Waals surface area contributed by atoms with Gasteiger partial charge in [-0.3, -0.25) is 4.79 Å². The van der Waals surface area contributed by atoms with E-state index in [1.807, 2.05) is 37.2 Å². The standard InChI is InChI=1S/C14H15BrN4O/c1-19(2)11-5-3-4-9(6-11)14(20)18-13-12(15)7-10(16)8-17-13/h3-8H,16H2,1-2H3,(H,17,18,20). The number of amides is 1. The van der Waals surface area contributed by atoms with Crippen molar-refractivity contribution < 1.29 is 4.79 Å². The molecule has 1 aromatic heterocycles. The van der Waals surface area contributed by atoms with Crippen molar-refractivity contribution in [1.82, 2.24) is 4.98 Å². The fourth-order valence-corrected chi connectivity index (χ4v) is 2.12. The lowest BCUT2D eigenvalue weighted by molar-refractivity contribution is 0.102. The van der Waals surface area contributed by atoms with Crippen LogP contribution in [0.2, 0.25) is 0 Å². The normalized spacial score (nSPS) is 10.2. The molecule has 3 N–H and O–H groups in total. The number of rotatable bonds is 3. The zero-order chi connectivity index (χ0) is 14.7. The molecule has 0 aliphatic carbocycles. The summed E-state index contributed by atoms with van der Waals surface area (Å²) in [4.78, 5) is 18.2. The third-order valence-corrected chi connectivity index (χ3v) is 3.32. The largest absolute Gasteiger partial charge is 0.397 e. The number of anilines is 3. The highest BCUT2D eigenvalue weighted by atomic mass is 79.9. The molecule has 0 atom stereocenters. The number of nitrogens with one attached hydrogen (secondary N) is 1. The highest BCUT2D eigenvalue weighted by molar-refractivity contribution is 9.10. The molecule has 0 spiro atoms. The van der Waals surface area contributed by atoms with E-state index < -0.39 is 0 Å². The Morgan fingerprint density at radius 3 is 2.75 bits per heavy atom. The molecule has 0 bridgehead atoms. The smallest absolute Gasteiger partial charge is 0.256 e. The summed E-state index contributed by atoms with van der Waals surface area (Å²) in [7, 11) is 3.85. The Hall–Kier alpha value is -2.08. The van der Waals surface area contributed by atoms with E-state index in [9.17, 15) is 4.79 Å². The zero-order valence-electron chi connectivity index (χ0n) is 11.2. The van der Waals surface area contributed by atoms with Crippen LogP contribution in [0.5, 0.6) is 0 Å². The van der Waals surface area contributed by atoms with Crippen molar-refractivity contribution in [2.45, 2.75) is 0 Å². The second-order valence-corrected chi connectivity index (χ2v) is 5.35. The predicted octanol–water partition coefficient (Wildman–Crippen LogP) is 2.74. The predicted molar refractivity (Wildman–Crippen MR) is 85.1 cm³/mol. The van der Waals surface area contributed by atoms with Gasteiger partial charge in [0.2, 0.25) is 0 Å².